The number of ether oxygens (including phenoxy) is 1. The number of esters is 1. The maximum Gasteiger partial charge on any atom is 0.318 e. The number of hydrogen-bond acceptors (Lipinski definition) is 4. The Kier molecular flexibility index (Phi) is 4.08. The molecule has 1 saturated heterocycles. The largest absolute Gasteiger partial charge is 0.468 e. The van der Waals surface area contributed by atoms with E-state index in [2.05, 4.69) is 4.74 Å². The summed E-state index contributed by atoms with van der Waals surface area (Å²) in [7, 11) is 1.31. The molecule has 1 amide bonds. The summed E-state index contributed by atoms with van der Waals surface area (Å²) in [5, 5.41) is 0. The molecule has 1 aliphatic heterocycles. The fraction of sp³-hybridized carbons (Fsp3) is 0.800. The standard InChI is InChI=1S/C10H18N2O3/c1-7(11)6-12-5-3-4-8(9(12)13)10(14)15-2/h7-8H,3-6,11H2,1-2H3/t7-,8?/m0/s1. The molecule has 5 heteroatoms. The van der Waals surface area contributed by atoms with Crippen molar-refractivity contribution in [2.24, 2.45) is 11.7 Å². The highest BCUT2D eigenvalue weighted by atomic mass is 16.5. The van der Waals surface area contributed by atoms with E-state index in [1.165, 1.54) is 7.11 Å². The predicted molar refractivity (Wildman–Crippen MR) is 55.0 cm³/mol. The monoisotopic (exact) mass is 214 g/mol. The lowest BCUT2D eigenvalue weighted by atomic mass is 9.97. The first-order chi connectivity index (χ1) is 7.06. The Morgan fingerprint density at radius 3 is 2.93 bits per heavy atom. The normalized spacial score (nSPS) is 23.8. The van der Waals surface area contributed by atoms with E-state index in [0.29, 0.717) is 19.5 Å². The van der Waals surface area contributed by atoms with Crippen LogP contribution in [-0.2, 0) is 14.3 Å². The average molecular weight is 214 g/mol. The summed E-state index contributed by atoms with van der Waals surface area (Å²) in [4.78, 5) is 24.8. The number of amides is 1. The van der Waals surface area contributed by atoms with Gasteiger partial charge in [-0.1, -0.05) is 0 Å². The van der Waals surface area contributed by atoms with Crippen LogP contribution in [0, 0.1) is 5.92 Å². The Morgan fingerprint density at radius 1 is 1.73 bits per heavy atom. The van der Waals surface area contributed by atoms with Crippen LogP contribution in [0.15, 0.2) is 0 Å². The lowest BCUT2D eigenvalue weighted by molar-refractivity contribution is -0.156. The van der Waals surface area contributed by atoms with Crippen molar-refractivity contribution in [3.8, 4) is 0 Å². The molecule has 1 heterocycles. The van der Waals surface area contributed by atoms with Crippen LogP contribution in [0.5, 0.6) is 0 Å². The van der Waals surface area contributed by atoms with Crippen LogP contribution in [0.4, 0.5) is 0 Å². The molecule has 0 saturated carbocycles. The van der Waals surface area contributed by atoms with Crippen molar-refractivity contribution in [2.45, 2.75) is 25.8 Å². The lowest BCUT2D eigenvalue weighted by Gasteiger charge is -2.32. The van der Waals surface area contributed by atoms with E-state index in [1.54, 1.807) is 4.90 Å². The van der Waals surface area contributed by atoms with Gasteiger partial charge in [0.15, 0.2) is 0 Å². The Bertz CT molecular complexity index is 253. The van der Waals surface area contributed by atoms with E-state index in [9.17, 15) is 9.59 Å². The smallest absolute Gasteiger partial charge is 0.318 e. The van der Waals surface area contributed by atoms with E-state index in [-0.39, 0.29) is 11.9 Å². The molecule has 2 atom stereocenters. The minimum Gasteiger partial charge on any atom is -0.468 e. The van der Waals surface area contributed by atoms with Crippen LogP contribution in [0.1, 0.15) is 19.8 Å². The van der Waals surface area contributed by atoms with Crippen LogP contribution in [0.2, 0.25) is 0 Å². The van der Waals surface area contributed by atoms with E-state index in [4.69, 9.17) is 5.73 Å². The number of nitrogens with two attached hydrogens (primary N) is 1. The van der Waals surface area contributed by atoms with Crippen LogP contribution in [0.3, 0.4) is 0 Å². The SMILES string of the molecule is COC(=O)C1CCCN(C[C@H](C)N)C1=O. The molecule has 0 bridgehead atoms. The molecule has 0 radical (unpaired) electrons. The third-order valence-electron chi connectivity index (χ3n) is 2.52. The highest BCUT2D eigenvalue weighted by Crippen LogP contribution is 2.19. The topological polar surface area (TPSA) is 72.6 Å². The molecule has 86 valence electrons. The number of rotatable bonds is 3. The van der Waals surface area contributed by atoms with Gasteiger partial charge in [-0.3, -0.25) is 9.59 Å². The van der Waals surface area contributed by atoms with Gasteiger partial charge in [-0.05, 0) is 19.8 Å². The molecule has 5 nitrogen and oxygen atoms in total. The molecule has 1 aliphatic rings. The van der Waals surface area contributed by atoms with Crippen molar-refractivity contribution in [1.82, 2.24) is 4.90 Å². The van der Waals surface area contributed by atoms with Gasteiger partial charge in [-0.15, -0.1) is 0 Å². The second-order valence-electron chi connectivity index (χ2n) is 3.98. The van der Waals surface area contributed by atoms with Gasteiger partial charge >= 0.3 is 5.97 Å². The number of carbonyl (C=O) groups excluding carboxylic acids is 2. The molecule has 0 aliphatic carbocycles. The predicted octanol–water partition coefficient (Wildman–Crippen LogP) is -0.255. The fourth-order valence-corrected chi connectivity index (χ4v) is 1.83. The summed E-state index contributed by atoms with van der Waals surface area (Å²) < 4.78 is 4.60. The lowest BCUT2D eigenvalue weighted by Crippen LogP contribution is -2.48. The third kappa shape index (κ3) is 2.92. The summed E-state index contributed by atoms with van der Waals surface area (Å²) in [6.45, 7) is 3.04. The molecule has 0 aromatic rings. The van der Waals surface area contributed by atoms with Crippen molar-refractivity contribution < 1.29 is 14.3 Å². The first-order valence-corrected chi connectivity index (χ1v) is 5.18. The van der Waals surface area contributed by atoms with Crippen molar-refractivity contribution >= 4 is 11.9 Å². The molecular weight excluding hydrogens is 196 g/mol. The first-order valence-electron chi connectivity index (χ1n) is 5.18. The molecule has 1 rings (SSSR count). The highest BCUT2D eigenvalue weighted by Gasteiger charge is 2.34. The second-order valence-corrected chi connectivity index (χ2v) is 3.98. The zero-order valence-corrected chi connectivity index (χ0v) is 9.23. The molecule has 0 aromatic carbocycles. The van der Waals surface area contributed by atoms with Crippen LogP contribution < -0.4 is 5.73 Å². The minimum atomic E-state index is -0.623. The van der Waals surface area contributed by atoms with Gasteiger partial charge in [0, 0.05) is 19.1 Å². The Morgan fingerprint density at radius 2 is 2.40 bits per heavy atom. The maximum atomic E-state index is 11.8. The van der Waals surface area contributed by atoms with Gasteiger partial charge in [-0.2, -0.15) is 0 Å². The fourth-order valence-electron chi connectivity index (χ4n) is 1.83. The minimum absolute atomic E-state index is 0.0645. The Hall–Kier alpha value is -1.10. The van der Waals surface area contributed by atoms with Gasteiger partial charge < -0.3 is 15.4 Å². The summed E-state index contributed by atoms with van der Waals surface area (Å²) in [5.41, 5.74) is 5.63. The zero-order chi connectivity index (χ0) is 11.4. The van der Waals surface area contributed by atoms with Crippen LogP contribution >= 0.6 is 0 Å². The zero-order valence-electron chi connectivity index (χ0n) is 9.23. The van der Waals surface area contributed by atoms with Gasteiger partial charge in [0.1, 0.15) is 5.92 Å². The summed E-state index contributed by atoms with van der Waals surface area (Å²) in [5.74, 6) is -1.21. The first kappa shape index (κ1) is 12.0. The summed E-state index contributed by atoms with van der Waals surface area (Å²) >= 11 is 0. The van der Waals surface area contributed by atoms with Gasteiger partial charge in [-0.25, -0.2) is 0 Å². The van der Waals surface area contributed by atoms with Gasteiger partial charge in [0.2, 0.25) is 5.91 Å². The van der Waals surface area contributed by atoms with Crippen molar-refractivity contribution in [3.05, 3.63) is 0 Å². The molecule has 15 heavy (non-hydrogen) atoms. The third-order valence-corrected chi connectivity index (χ3v) is 2.52. The molecule has 0 spiro atoms. The number of methoxy groups -OCH3 is 1. The number of piperidine rings is 1. The van der Waals surface area contributed by atoms with Gasteiger partial charge in [0.05, 0.1) is 7.11 Å². The quantitative estimate of drug-likeness (QED) is 0.519. The van der Waals surface area contributed by atoms with Crippen molar-refractivity contribution in [2.75, 3.05) is 20.2 Å². The van der Waals surface area contributed by atoms with Gasteiger partial charge in [0.25, 0.3) is 0 Å². The number of nitrogens with zero attached hydrogens (tertiary/aromatic N) is 1. The average Bonchev–Trinajstić information content (AvgIpc) is 2.19. The number of carbonyl (C=O) groups is 2. The molecule has 1 unspecified atom stereocenters. The van der Waals surface area contributed by atoms with E-state index in [1.807, 2.05) is 6.92 Å². The molecule has 1 fully saturated rings. The second kappa shape index (κ2) is 5.11. The summed E-state index contributed by atoms with van der Waals surface area (Å²) in [6.07, 6.45) is 1.42. The number of likely N-dealkylation sites (tertiary alicyclic amines) is 1. The Labute approximate surface area is 89.6 Å². The molecule has 0 aromatic heterocycles. The van der Waals surface area contributed by atoms with Crippen LogP contribution in [0.25, 0.3) is 0 Å². The molecular formula is C10H18N2O3. The van der Waals surface area contributed by atoms with Crippen molar-refractivity contribution in [1.29, 1.82) is 0 Å². The maximum absolute atomic E-state index is 11.8. The summed E-state index contributed by atoms with van der Waals surface area (Å²) in [6, 6.07) is -0.0645. The van der Waals surface area contributed by atoms with E-state index >= 15 is 0 Å². The Balaban J connectivity index is 2.62. The van der Waals surface area contributed by atoms with E-state index in [0.717, 1.165) is 6.42 Å². The number of hydrogen-bond donors (Lipinski definition) is 1. The van der Waals surface area contributed by atoms with Crippen LogP contribution in [-0.4, -0.2) is 43.0 Å². The van der Waals surface area contributed by atoms with E-state index < -0.39 is 11.9 Å². The van der Waals surface area contributed by atoms with Crippen molar-refractivity contribution in [3.63, 3.8) is 0 Å². The molecule has 2 N–H and O–H groups in total. The highest BCUT2D eigenvalue weighted by molar-refractivity contribution is 5.98.